The Bertz CT molecular complexity index is 766. The van der Waals surface area contributed by atoms with Gasteiger partial charge in [-0.25, -0.2) is 4.79 Å². The van der Waals surface area contributed by atoms with Crippen LogP contribution >= 0.6 is 0 Å². The van der Waals surface area contributed by atoms with Crippen molar-refractivity contribution in [3.05, 3.63) is 33.9 Å². The number of piperidine rings is 2. The van der Waals surface area contributed by atoms with Crippen molar-refractivity contribution < 1.29 is 19.2 Å². The molecule has 8 heteroatoms. The van der Waals surface area contributed by atoms with Crippen molar-refractivity contribution in [2.24, 2.45) is 11.8 Å². The van der Waals surface area contributed by atoms with Crippen molar-refractivity contribution in [1.82, 2.24) is 4.90 Å². The molecule has 0 N–H and O–H groups in total. The molecule has 0 aliphatic carbocycles. The molecule has 2 atom stereocenters. The summed E-state index contributed by atoms with van der Waals surface area (Å²) >= 11 is 0. The Morgan fingerprint density at radius 3 is 2.41 bits per heavy atom. The van der Waals surface area contributed by atoms with Gasteiger partial charge >= 0.3 is 5.97 Å². The van der Waals surface area contributed by atoms with Crippen LogP contribution in [0.15, 0.2) is 18.2 Å². The summed E-state index contributed by atoms with van der Waals surface area (Å²) in [7, 11) is 0. The van der Waals surface area contributed by atoms with Gasteiger partial charge in [0.25, 0.3) is 11.6 Å². The number of esters is 1. The Balaban J connectivity index is 1.69. The maximum atomic E-state index is 12.4. The fourth-order valence-corrected chi connectivity index (χ4v) is 4.37. The van der Waals surface area contributed by atoms with Crippen molar-refractivity contribution in [2.75, 3.05) is 37.7 Å². The van der Waals surface area contributed by atoms with Crippen LogP contribution in [-0.2, 0) is 9.53 Å². The molecule has 1 aromatic carbocycles. The number of nitro groups is 1. The predicted molar refractivity (Wildman–Crippen MR) is 109 cm³/mol. The fraction of sp³-hybridized carbons (Fsp3) is 0.619. The summed E-state index contributed by atoms with van der Waals surface area (Å²) in [5.41, 5.74) is 0.502. The van der Waals surface area contributed by atoms with E-state index in [2.05, 4.69) is 13.8 Å². The van der Waals surface area contributed by atoms with Gasteiger partial charge in [-0.05, 0) is 49.7 Å². The first-order valence-electron chi connectivity index (χ1n) is 10.3. The van der Waals surface area contributed by atoms with Crippen LogP contribution in [0.25, 0.3) is 0 Å². The molecule has 0 saturated carbocycles. The van der Waals surface area contributed by atoms with E-state index >= 15 is 0 Å². The highest BCUT2D eigenvalue weighted by Crippen LogP contribution is 2.34. The highest BCUT2D eigenvalue weighted by Gasteiger charge is 2.28. The first-order chi connectivity index (χ1) is 13.8. The van der Waals surface area contributed by atoms with E-state index in [1.165, 1.54) is 6.07 Å². The van der Waals surface area contributed by atoms with Crippen LogP contribution in [0.4, 0.5) is 11.4 Å². The third-order valence-corrected chi connectivity index (χ3v) is 5.65. The molecule has 2 saturated heterocycles. The Labute approximate surface area is 171 Å². The van der Waals surface area contributed by atoms with E-state index in [4.69, 9.17) is 4.74 Å². The maximum absolute atomic E-state index is 12.4. The number of ether oxygens (including phenoxy) is 1. The Morgan fingerprint density at radius 2 is 1.79 bits per heavy atom. The van der Waals surface area contributed by atoms with Crippen molar-refractivity contribution in [3.8, 4) is 0 Å². The lowest BCUT2D eigenvalue weighted by atomic mass is 9.91. The van der Waals surface area contributed by atoms with Gasteiger partial charge < -0.3 is 14.5 Å². The molecule has 0 aromatic heterocycles. The van der Waals surface area contributed by atoms with E-state index in [-0.39, 0.29) is 23.8 Å². The number of benzene rings is 1. The van der Waals surface area contributed by atoms with Crippen molar-refractivity contribution in [3.63, 3.8) is 0 Å². The second kappa shape index (κ2) is 9.24. The average molecular weight is 403 g/mol. The molecule has 3 rings (SSSR count). The first-order valence-corrected chi connectivity index (χ1v) is 10.3. The van der Waals surface area contributed by atoms with Gasteiger partial charge in [0, 0.05) is 32.2 Å². The molecule has 0 spiro atoms. The van der Waals surface area contributed by atoms with Crippen molar-refractivity contribution in [1.29, 1.82) is 0 Å². The Kier molecular flexibility index (Phi) is 6.71. The number of rotatable bonds is 5. The number of nitrogens with zero attached hydrogens (tertiary/aromatic N) is 3. The summed E-state index contributed by atoms with van der Waals surface area (Å²) in [6.07, 6.45) is 4.12. The zero-order valence-electron chi connectivity index (χ0n) is 17.1. The van der Waals surface area contributed by atoms with Gasteiger partial charge in [-0.15, -0.1) is 0 Å². The topological polar surface area (TPSA) is 93.0 Å². The van der Waals surface area contributed by atoms with Crippen LogP contribution in [0.1, 0.15) is 49.9 Å². The van der Waals surface area contributed by atoms with Crippen LogP contribution in [-0.4, -0.2) is 54.5 Å². The van der Waals surface area contributed by atoms with E-state index in [0.29, 0.717) is 30.6 Å². The Hall–Kier alpha value is -2.64. The van der Waals surface area contributed by atoms with E-state index in [1.54, 1.807) is 17.0 Å². The number of likely N-dealkylation sites (tertiary alicyclic amines) is 1. The second-order valence-electron chi connectivity index (χ2n) is 8.33. The fourth-order valence-electron chi connectivity index (χ4n) is 4.37. The Morgan fingerprint density at radius 1 is 1.14 bits per heavy atom. The van der Waals surface area contributed by atoms with Crippen LogP contribution < -0.4 is 4.90 Å². The van der Waals surface area contributed by atoms with Gasteiger partial charge in [-0.3, -0.25) is 14.9 Å². The molecule has 158 valence electrons. The lowest BCUT2D eigenvalue weighted by Gasteiger charge is -2.36. The predicted octanol–water partition coefficient (Wildman–Crippen LogP) is 3.25. The third-order valence-electron chi connectivity index (χ3n) is 5.65. The minimum atomic E-state index is -0.717. The number of hydrogen-bond donors (Lipinski definition) is 0. The molecule has 2 aliphatic heterocycles. The quantitative estimate of drug-likeness (QED) is 0.426. The standard InChI is InChI=1S/C21H29N3O5/c1-15-10-16(2)13-23(12-15)18-7-6-17(11-19(18)24(27)28)21(26)29-14-20(25)22-8-4-3-5-9-22/h6-7,11,15-16H,3-5,8-10,12-14H2,1-2H3/t15-,16-/m0/s1. The largest absolute Gasteiger partial charge is 0.452 e. The SMILES string of the molecule is C[C@H]1C[C@H](C)CN(c2ccc(C(=O)OCC(=O)N3CCCCC3)cc2[N+](=O)[O-])C1. The molecule has 2 aliphatic rings. The highest BCUT2D eigenvalue weighted by molar-refractivity contribution is 5.93. The van der Waals surface area contributed by atoms with Crippen LogP contribution in [0.5, 0.6) is 0 Å². The summed E-state index contributed by atoms with van der Waals surface area (Å²) in [6.45, 7) is 6.81. The lowest BCUT2D eigenvalue weighted by Crippen LogP contribution is -2.39. The van der Waals surface area contributed by atoms with Crippen LogP contribution in [0, 0.1) is 22.0 Å². The van der Waals surface area contributed by atoms with E-state index in [0.717, 1.165) is 38.8 Å². The summed E-state index contributed by atoms with van der Waals surface area (Å²) in [4.78, 5) is 39.4. The molecule has 0 radical (unpaired) electrons. The molecule has 8 nitrogen and oxygen atoms in total. The number of carbonyl (C=O) groups is 2. The average Bonchev–Trinajstić information content (AvgIpc) is 2.71. The third kappa shape index (κ3) is 5.25. The smallest absolute Gasteiger partial charge is 0.338 e. The van der Waals surface area contributed by atoms with E-state index in [9.17, 15) is 19.7 Å². The van der Waals surface area contributed by atoms with Crippen LogP contribution in [0.2, 0.25) is 0 Å². The molecular weight excluding hydrogens is 374 g/mol. The highest BCUT2D eigenvalue weighted by atomic mass is 16.6. The molecule has 0 bridgehead atoms. The van der Waals surface area contributed by atoms with Gasteiger partial charge in [0.05, 0.1) is 10.5 Å². The van der Waals surface area contributed by atoms with Gasteiger partial charge in [-0.1, -0.05) is 13.8 Å². The maximum Gasteiger partial charge on any atom is 0.338 e. The number of hydrogen-bond acceptors (Lipinski definition) is 6. The zero-order chi connectivity index (χ0) is 21.0. The molecule has 1 aromatic rings. The minimum absolute atomic E-state index is 0.0880. The number of nitro benzene ring substituents is 1. The lowest BCUT2D eigenvalue weighted by molar-refractivity contribution is -0.384. The van der Waals surface area contributed by atoms with Gasteiger partial charge in [0.15, 0.2) is 6.61 Å². The summed E-state index contributed by atoms with van der Waals surface area (Å²) in [5.74, 6) is -0.0431. The molecule has 1 amide bonds. The second-order valence-corrected chi connectivity index (χ2v) is 8.33. The molecular formula is C21H29N3O5. The molecule has 29 heavy (non-hydrogen) atoms. The summed E-state index contributed by atoms with van der Waals surface area (Å²) < 4.78 is 5.13. The normalized spacial score (nSPS) is 22.3. The van der Waals surface area contributed by atoms with Gasteiger partial charge in [0.1, 0.15) is 5.69 Å². The minimum Gasteiger partial charge on any atom is -0.452 e. The van der Waals surface area contributed by atoms with Crippen molar-refractivity contribution in [2.45, 2.75) is 39.5 Å². The van der Waals surface area contributed by atoms with Crippen molar-refractivity contribution >= 4 is 23.3 Å². The van der Waals surface area contributed by atoms with E-state index in [1.807, 2.05) is 4.90 Å². The molecule has 2 heterocycles. The summed E-state index contributed by atoms with van der Waals surface area (Å²) in [5, 5.41) is 11.6. The summed E-state index contributed by atoms with van der Waals surface area (Å²) in [6, 6.07) is 4.42. The van der Waals surface area contributed by atoms with Gasteiger partial charge in [-0.2, -0.15) is 0 Å². The zero-order valence-corrected chi connectivity index (χ0v) is 17.1. The number of anilines is 1. The molecule has 0 unspecified atom stereocenters. The monoisotopic (exact) mass is 403 g/mol. The van der Waals surface area contributed by atoms with Crippen LogP contribution in [0.3, 0.4) is 0 Å². The van der Waals surface area contributed by atoms with Gasteiger partial charge in [0.2, 0.25) is 0 Å². The number of amides is 1. The first kappa shape index (κ1) is 21.1. The number of carbonyl (C=O) groups excluding carboxylic acids is 2. The van der Waals surface area contributed by atoms with E-state index < -0.39 is 10.9 Å². The molecule has 2 fully saturated rings.